The van der Waals surface area contributed by atoms with E-state index in [1.807, 2.05) is 54.6 Å². The van der Waals surface area contributed by atoms with Gasteiger partial charge in [0.1, 0.15) is 5.82 Å². The molecule has 0 saturated heterocycles. The molecular formula is C25H24N6O3S. The number of aromatic nitrogens is 3. The SMILES string of the molecule is COc1cc(N2CCc3nc(NC(=O)Nc4ccccc4-c4ccccc4)sc3C2)nc(OC)n1. The van der Waals surface area contributed by atoms with Crippen molar-refractivity contribution in [1.29, 1.82) is 0 Å². The maximum absolute atomic E-state index is 12.8. The standard InChI is InChI=1S/C25H24N6O3S/c1-33-22-14-21(28-24(29-22)34-2)31-13-12-19-20(15-31)35-25(27-19)30-23(32)26-18-11-7-6-10-17(18)16-8-4-3-5-9-16/h3-11,14H,12-13,15H2,1-2H3,(H2,26,27,30,32). The number of carbonyl (C=O) groups is 1. The molecule has 0 bridgehead atoms. The van der Waals surface area contributed by atoms with Crippen LogP contribution in [0.3, 0.4) is 0 Å². The summed E-state index contributed by atoms with van der Waals surface area (Å²) in [6.45, 7) is 1.35. The van der Waals surface area contributed by atoms with E-state index in [0.29, 0.717) is 17.6 Å². The highest BCUT2D eigenvalue weighted by Crippen LogP contribution is 2.32. The number of thiazole rings is 1. The van der Waals surface area contributed by atoms with Crippen molar-refractivity contribution in [3.8, 4) is 23.0 Å². The van der Waals surface area contributed by atoms with Gasteiger partial charge in [-0.3, -0.25) is 5.32 Å². The largest absolute Gasteiger partial charge is 0.481 e. The van der Waals surface area contributed by atoms with Gasteiger partial charge in [0, 0.05) is 29.5 Å². The quantitative estimate of drug-likeness (QED) is 0.401. The zero-order valence-electron chi connectivity index (χ0n) is 19.3. The molecule has 10 heteroatoms. The summed E-state index contributed by atoms with van der Waals surface area (Å²) in [5.41, 5.74) is 3.70. The fraction of sp³-hybridized carbons (Fsp3) is 0.200. The zero-order valence-corrected chi connectivity index (χ0v) is 20.1. The van der Waals surface area contributed by atoms with Crippen LogP contribution in [0.25, 0.3) is 11.1 Å². The summed E-state index contributed by atoms with van der Waals surface area (Å²) in [5.74, 6) is 1.16. The van der Waals surface area contributed by atoms with Gasteiger partial charge < -0.3 is 19.7 Å². The van der Waals surface area contributed by atoms with E-state index in [-0.39, 0.29) is 12.0 Å². The van der Waals surface area contributed by atoms with Gasteiger partial charge in [-0.25, -0.2) is 9.78 Å². The first kappa shape index (κ1) is 22.6. The Morgan fingerprint density at radius 2 is 1.77 bits per heavy atom. The Balaban J connectivity index is 1.29. The second kappa shape index (κ2) is 9.98. The lowest BCUT2D eigenvalue weighted by atomic mass is 10.0. The minimum Gasteiger partial charge on any atom is -0.481 e. The van der Waals surface area contributed by atoms with Gasteiger partial charge in [-0.05, 0) is 11.6 Å². The minimum absolute atomic E-state index is 0.254. The van der Waals surface area contributed by atoms with Crippen LogP contribution in [0.2, 0.25) is 0 Å². The average Bonchev–Trinajstić information content (AvgIpc) is 3.30. The van der Waals surface area contributed by atoms with Crippen LogP contribution in [-0.4, -0.2) is 41.7 Å². The van der Waals surface area contributed by atoms with Crippen LogP contribution in [0.5, 0.6) is 11.9 Å². The highest BCUT2D eigenvalue weighted by Gasteiger charge is 2.23. The van der Waals surface area contributed by atoms with E-state index in [1.165, 1.54) is 18.4 Å². The number of methoxy groups -OCH3 is 2. The Kier molecular flexibility index (Phi) is 6.44. The maximum Gasteiger partial charge on any atom is 0.325 e. The predicted molar refractivity (Wildman–Crippen MR) is 137 cm³/mol. The summed E-state index contributed by atoms with van der Waals surface area (Å²) < 4.78 is 10.5. The van der Waals surface area contributed by atoms with Crippen LogP contribution < -0.4 is 25.0 Å². The highest BCUT2D eigenvalue weighted by molar-refractivity contribution is 7.15. The molecule has 0 aliphatic carbocycles. The number of rotatable bonds is 6. The molecule has 1 aliphatic rings. The molecule has 0 radical (unpaired) electrons. The molecule has 0 unspecified atom stereocenters. The van der Waals surface area contributed by atoms with Gasteiger partial charge in [-0.2, -0.15) is 9.97 Å². The fourth-order valence-electron chi connectivity index (χ4n) is 3.91. The number of ether oxygens (including phenoxy) is 2. The minimum atomic E-state index is -0.332. The van der Waals surface area contributed by atoms with Crippen LogP contribution in [0.15, 0.2) is 60.7 Å². The molecule has 178 valence electrons. The molecule has 0 atom stereocenters. The molecular weight excluding hydrogens is 464 g/mol. The normalized spacial score (nSPS) is 12.6. The summed E-state index contributed by atoms with van der Waals surface area (Å²) in [6.07, 6.45) is 0.737. The smallest absolute Gasteiger partial charge is 0.325 e. The molecule has 3 heterocycles. The van der Waals surface area contributed by atoms with E-state index in [4.69, 9.17) is 9.47 Å². The predicted octanol–water partition coefficient (Wildman–Crippen LogP) is 4.82. The van der Waals surface area contributed by atoms with Gasteiger partial charge in [0.25, 0.3) is 0 Å². The first-order valence-electron chi connectivity index (χ1n) is 11.1. The second-order valence-corrected chi connectivity index (χ2v) is 8.89. The summed E-state index contributed by atoms with van der Waals surface area (Å²) in [4.78, 5) is 29.2. The molecule has 5 rings (SSSR count). The van der Waals surface area contributed by atoms with Crippen LogP contribution in [0, 0.1) is 0 Å². The number of hydrogen-bond acceptors (Lipinski definition) is 8. The molecule has 35 heavy (non-hydrogen) atoms. The van der Waals surface area contributed by atoms with Gasteiger partial charge in [0.2, 0.25) is 5.88 Å². The van der Waals surface area contributed by atoms with Crippen LogP contribution in [-0.2, 0) is 13.0 Å². The molecule has 2 aromatic heterocycles. The average molecular weight is 489 g/mol. The van der Waals surface area contributed by atoms with E-state index in [9.17, 15) is 4.79 Å². The number of para-hydroxylation sites is 1. The van der Waals surface area contributed by atoms with Crippen molar-refractivity contribution >= 4 is 34.0 Å². The number of nitrogens with one attached hydrogen (secondary N) is 2. The Hall–Kier alpha value is -4.18. The lowest BCUT2D eigenvalue weighted by Gasteiger charge is -2.27. The molecule has 2 N–H and O–H groups in total. The maximum atomic E-state index is 12.8. The van der Waals surface area contributed by atoms with E-state index in [0.717, 1.165) is 46.2 Å². The summed E-state index contributed by atoms with van der Waals surface area (Å²) >= 11 is 1.46. The topological polar surface area (TPSA) is 102 Å². The van der Waals surface area contributed by atoms with Crippen LogP contribution in [0.1, 0.15) is 10.6 Å². The van der Waals surface area contributed by atoms with E-state index in [2.05, 4.69) is 30.5 Å². The van der Waals surface area contributed by atoms with E-state index < -0.39 is 0 Å². The number of hydrogen-bond donors (Lipinski definition) is 2. The third-order valence-corrected chi connectivity index (χ3v) is 6.59. The highest BCUT2D eigenvalue weighted by atomic mass is 32.1. The van der Waals surface area contributed by atoms with Crippen molar-refractivity contribution < 1.29 is 14.3 Å². The number of fused-ring (bicyclic) bond motifs is 1. The number of amides is 2. The van der Waals surface area contributed by atoms with Crippen molar-refractivity contribution in [2.75, 3.05) is 36.3 Å². The molecule has 2 aromatic carbocycles. The number of urea groups is 1. The summed E-state index contributed by atoms with van der Waals surface area (Å²) in [7, 11) is 3.08. The first-order chi connectivity index (χ1) is 17.1. The summed E-state index contributed by atoms with van der Waals surface area (Å²) in [6, 6.07) is 19.4. The Morgan fingerprint density at radius 3 is 2.57 bits per heavy atom. The van der Waals surface area contributed by atoms with Crippen LogP contribution in [0.4, 0.5) is 21.4 Å². The van der Waals surface area contributed by atoms with Crippen molar-refractivity contribution in [2.24, 2.45) is 0 Å². The molecule has 1 aliphatic heterocycles. The van der Waals surface area contributed by atoms with Crippen molar-refractivity contribution in [1.82, 2.24) is 15.0 Å². The molecule has 0 spiro atoms. The zero-order chi connectivity index (χ0) is 24.2. The van der Waals surface area contributed by atoms with Crippen molar-refractivity contribution in [3.05, 3.63) is 71.2 Å². The first-order valence-corrected chi connectivity index (χ1v) is 11.9. The van der Waals surface area contributed by atoms with Gasteiger partial charge in [0.15, 0.2) is 5.13 Å². The van der Waals surface area contributed by atoms with Gasteiger partial charge in [0.05, 0.1) is 32.1 Å². The lowest BCUT2D eigenvalue weighted by molar-refractivity contribution is 0.262. The van der Waals surface area contributed by atoms with Gasteiger partial charge >= 0.3 is 12.0 Å². The molecule has 0 fully saturated rings. The second-order valence-electron chi connectivity index (χ2n) is 7.81. The number of benzene rings is 2. The molecule has 2 amide bonds. The van der Waals surface area contributed by atoms with E-state index >= 15 is 0 Å². The Bertz CT molecular complexity index is 1320. The number of anilines is 3. The number of carbonyl (C=O) groups excluding carboxylic acids is 1. The number of nitrogens with zero attached hydrogens (tertiary/aromatic N) is 4. The van der Waals surface area contributed by atoms with Gasteiger partial charge in [-0.15, -0.1) is 0 Å². The lowest BCUT2D eigenvalue weighted by Crippen LogP contribution is -2.30. The van der Waals surface area contributed by atoms with Crippen LogP contribution >= 0.6 is 11.3 Å². The molecule has 9 nitrogen and oxygen atoms in total. The summed E-state index contributed by atoms with van der Waals surface area (Å²) in [5, 5.41) is 6.41. The Morgan fingerprint density at radius 1 is 0.971 bits per heavy atom. The Labute approximate surface area is 206 Å². The molecule has 4 aromatic rings. The van der Waals surface area contributed by atoms with Gasteiger partial charge in [-0.1, -0.05) is 59.9 Å². The monoisotopic (exact) mass is 488 g/mol. The third-order valence-electron chi connectivity index (χ3n) is 5.60. The third kappa shape index (κ3) is 5.02. The fourth-order valence-corrected chi connectivity index (χ4v) is 4.93. The van der Waals surface area contributed by atoms with E-state index in [1.54, 1.807) is 13.2 Å². The van der Waals surface area contributed by atoms with Crippen molar-refractivity contribution in [3.63, 3.8) is 0 Å². The molecule has 0 saturated carbocycles. The van der Waals surface area contributed by atoms with Crippen molar-refractivity contribution in [2.45, 2.75) is 13.0 Å².